The van der Waals surface area contributed by atoms with Gasteiger partial charge in [0.2, 0.25) is 0 Å². The van der Waals surface area contributed by atoms with Crippen LogP contribution in [0.4, 0.5) is 4.79 Å². The summed E-state index contributed by atoms with van der Waals surface area (Å²) in [7, 11) is 0. The van der Waals surface area contributed by atoms with Gasteiger partial charge in [0.1, 0.15) is 0 Å². The lowest BCUT2D eigenvalue weighted by molar-refractivity contribution is 0.00737. The third-order valence-electron chi connectivity index (χ3n) is 3.20. The molecule has 6 heteroatoms. The van der Waals surface area contributed by atoms with Crippen LogP contribution in [-0.2, 0) is 4.74 Å². The Bertz CT molecular complexity index is 317. The van der Waals surface area contributed by atoms with Crippen LogP contribution in [0.2, 0.25) is 0 Å². The summed E-state index contributed by atoms with van der Waals surface area (Å²) >= 11 is 1.79. The second kappa shape index (κ2) is 4.27. The maximum absolute atomic E-state index is 11.5. The van der Waals surface area contributed by atoms with Gasteiger partial charge in [0.25, 0.3) is 0 Å². The normalized spacial score (nSPS) is 39.0. The molecule has 2 saturated heterocycles. The molecule has 0 radical (unpaired) electrons. The van der Waals surface area contributed by atoms with Crippen molar-refractivity contribution in [2.45, 2.75) is 17.5 Å². The van der Waals surface area contributed by atoms with Crippen molar-refractivity contribution in [3.05, 3.63) is 11.5 Å². The molecule has 0 saturated carbocycles. The number of morpholine rings is 1. The Kier molecular flexibility index (Phi) is 2.79. The van der Waals surface area contributed by atoms with E-state index in [1.807, 2.05) is 0 Å². The summed E-state index contributed by atoms with van der Waals surface area (Å²) in [6, 6.07) is 0.108. The second-order valence-corrected chi connectivity index (χ2v) is 5.25. The molecule has 5 nitrogen and oxygen atoms in total. The van der Waals surface area contributed by atoms with Crippen molar-refractivity contribution in [1.82, 2.24) is 15.5 Å². The van der Waals surface area contributed by atoms with Crippen LogP contribution in [0.5, 0.6) is 0 Å². The molecular weight excluding hydrogens is 226 g/mol. The van der Waals surface area contributed by atoms with E-state index in [0.29, 0.717) is 5.25 Å². The minimum atomic E-state index is -0.0649. The van der Waals surface area contributed by atoms with Crippen LogP contribution in [-0.4, -0.2) is 54.7 Å². The topological polar surface area (TPSA) is 53.6 Å². The summed E-state index contributed by atoms with van der Waals surface area (Å²) in [5.41, 5.74) is 0. The lowest BCUT2D eigenvalue weighted by Gasteiger charge is -2.42. The van der Waals surface area contributed by atoms with Crippen LogP contribution in [0, 0.1) is 0 Å². The molecule has 0 aromatic heterocycles. The van der Waals surface area contributed by atoms with Crippen LogP contribution in [0.25, 0.3) is 0 Å². The van der Waals surface area contributed by atoms with Crippen LogP contribution >= 0.6 is 11.8 Å². The van der Waals surface area contributed by atoms with E-state index in [9.17, 15) is 4.79 Å². The van der Waals surface area contributed by atoms with Crippen LogP contribution in [0.15, 0.2) is 11.5 Å². The molecule has 0 spiro atoms. The molecule has 3 rings (SSSR count). The maximum Gasteiger partial charge on any atom is 0.316 e. The van der Waals surface area contributed by atoms with E-state index in [-0.39, 0.29) is 18.2 Å². The minimum absolute atomic E-state index is 0.0649. The SMILES string of the molecule is O=C1NC2C=CSC2C(N2CCOCC2)N1. The Labute approximate surface area is 98.6 Å². The van der Waals surface area contributed by atoms with Crippen molar-refractivity contribution in [2.75, 3.05) is 26.3 Å². The van der Waals surface area contributed by atoms with Gasteiger partial charge >= 0.3 is 6.03 Å². The minimum Gasteiger partial charge on any atom is -0.379 e. The number of rotatable bonds is 1. The van der Waals surface area contributed by atoms with E-state index in [1.165, 1.54) is 0 Å². The van der Waals surface area contributed by atoms with Gasteiger partial charge in [0.15, 0.2) is 0 Å². The van der Waals surface area contributed by atoms with Gasteiger partial charge in [-0.3, -0.25) is 4.90 Å². The lowest BCUT2D eigenvalue weighted by atomic mass is 10.1. The highest BCUT2D eigenvalue weighted by Gasteiger charge is 2.40. The Morgan fingerprint density at radius 2 is 2.19 bits per heavy atom. The highest BCUT2D eigenvalue weighted by molar-refractivity contribution is 8.03. The zero-order valence-corrected chi connectivity index (χ0v) is 9.70. The van der Waals surface area contributed by atoms with Crippen molar-refractivity contribution < 1.29 is 9.53 Å². The summed E-state index contributed by atoms with van der Waals surface area (Å²) in [6.45, 7) is 3.31. The Balaban J connectivity index is 1.74. The summed E-state index contributed by atoms with van der Waals surface area (Å²) in [6.07, 6.45) is 2.20. The maximum atomic E-state index is 11.5. The number of nitrogens with one attached hydrogen (secondary N) is 2. The molecule has 3 atom stereocenters. The molecule has 0 aliphatic carbocycles. The largest absolute Gasteiger partial charge is 0.379 e. The first-order valence-electron chi connectivity index (χ1n) is 5.55. The smallest absolute Gasteiger partial charge is 0.316 e. The van der Waals surface area contributed by atoms with Crippen LogP contribution in [0.3, 0.4) is 0 Å². The van der Waals surface area contributed by atoms with Crippen molar-refractivity contribution >= 4 is 17.8 Å². The summed E-state index contributed by atoms with van der Waals surface area (Å²) in [5, 5.41) is 8.41. The quantitative estimate of drug-likeness (QED) is 0.676. The third-order valence-corrected chi connectivity index (χ3v) is 4.38. The molecule has 0 bridgehead atoms. The van der Waals surface area contributed by atoms with Crippen molar-refractivity contribution in [3.8, 4) is 0 Å². The number of carbonyl (C=O) groups is 1. The number of ether oxygens (including phenoxy) is 1. The fourth-order valence-electron chi connectivity index (χ4n) is 2.38. The average molecular weight is 241 g/mol. The van der Waals surface area contributed by atoms with Gasteiger partial charge in [-0.15, -0.1) is 11.8 Å². The van der Waals surface area contributed by atoms with E-state index in [4.69, 9.17) is 4.74 Å². The molecule has 0 aromatic carbocycles. The molecule has 0 aromatic rings. The highest BCUT2D eigenvalue weighted by Crippen LogP contribution is 2.31. The van der Waals surface area contributed by atoms with Gasteiger partial charge in [-0.05, 0) is 5.41 Å². The average Bonchev–Trinajstić information content (AvgIpc) is 2.77. The molecule has 3 heterocycles. The van der Waals surface area contributed by atoms with Gasteiger partial charge in [-0.1, -0.05) is 6.08 Å². The Morgan fingerprint density at radius 3 is 3.00 bits per heavy atom. The summed E-state index contributed by atoms with van der Waals surface area (Å²) in [4.78, 5) is 13.8. The molecule has 2 amide bonds. The van der Waals surface area contributed by atoms with E-state index in [0.717, 1.165) is 26.3 Å². The van der Waals surface area contributed by atoms with Gasteiger partial charge < -0.3 is 15.4 Å². The summed E-state index contributed by atoms with van der Waals surface area (Å²) in [5.74, 6) is 0. The predicted molar refractivity (Wildman–Crippen MR) is 62.2 cm³/mol. The predicted octanol–water partition coefficient (Wildman–Crippen LogP) is -0.0448. The fourth-order valence-corrected chi connectivity index (χ4v) is 3.54. The van der Waals surface area contributed by atoms with Gasteiger partial charge in [0.05, 0.1) is 30.7 Å². The first kappa shape index (κ1) is 10.4. The Morgan fingerprint density at radius 1 is 1.38 bits per heavy atom. The number of amides is 2. The van der Waals surface area contributed by atoms with Crippen molar-refractivity contribution in [3.63, 3.8) is 0 Å². The summed E-state index contributed by atoms with van der Waals surface area (Å²) < 4.78 is 5.34. The molecule has 3 aliphatic heterocycles. The Hall–Kier alpha value is -0.720. The number of hydrogen-bond acceptors (Lipinski definition) is 4. The molecule has 2 fully saturated rings. The van der Waals surface area contributed by atoms with Gasteiger partial charge in [-0.25, -0.2) is 4.79 Å². The molecule has 3 unspecified atom stereocenters. The van der Waals surface area contributed by atoms with E-state index in [2.05, 4.69) is 27.0 Å². The number of nitrogens with zero attached hydrogens (tertiary/aromatic N) is 1. The van der Waals surface area contributed by atoms with E-state index in [1.54, 1.807) is 11.8 Å². The number of hydrogen-bond donors (Lipinski definition) is 2. The number of thioether (sulfide) groups is 1. The molecule has 16 heavy (non-hydrogen) atoms. The standard InChI is InChI=1S/C10H15N3O2S/c14-10-11-7-1-6-16-8(7)9(12-10)13-2-4-15-5-3-13/h1,6-9H,2-5H2,(H2,11,12,14). The third kappa shape index (κ3) is 1.81. The molecule has 2 N–H and O–H groups in total. The number of urea groups is 1. The van der Waals surface area contributed by atoms with Gasteiger partial charge in [0, 0.05) is 13.1 Å². The zero-order valence-electron chi connectivity index (χ0n) is 8.89. The zero-order chi connectivity index (χ0) is 11.0. The first-order valence-corrected chi connectivity index (χ1v) is 6.50. The molecular formula is C10H15N3O2S. The van der Waals surface area contributed by atoms with Gasteiger partial charge in [-0.2, -0.15) is 0 Å². The van der Waals surface area contributed by atoms with Crippen molar-refractivity contribution in [1.29, 1.82) is 0 Å². The van der Waals surface area contributed by atoms with E-state index < -0.39 is 0 Å². The monoisotopic (exact) mass is 241 g/mol. The highest BCUT2D eigenvalue weighted by atomic mass is 32.2. The molecule has 3 aliphatic rings. The number of carbonyl (C=O) groups excluding carboxylic acids is 1. The second-order valence-electron chi connectivity index (χ2n) is 4.17. The van der Waals surface area contributed by atoms with Crippen LogP contribution < -0.4 is 10.6 Å². The molecule has 88 valence electrons. The van der Waals surface area contributed by atoms with E-state index >= 15 is 0 Å². The van der Waals surface area contributed by atoms with Crippen LogP contribution in [0.1, 0.15) is 0 Å². The van der Waals surface area contributed by atoms with Crippen molar-refractivity contribution in [2.24, 2.45) is 0 Å². The first-order chi connectivity index (χ1) is 7.84. The fraction of sp³-hybridized carbons (Fsp3) is 0.700. The lowest BCUT2D eigenvalue weighted by Crippen LogP contribution is -2.67. The number of fused-ring (bicyclic) bond motifs is 1.